The van der Waals surface area contributed by atoms with Gasteiger partial charge in [0.1, 0.15) is 5.60 Å². The van der Waals surface area contributed by atoms with E-state index in [0.717, 1.165) is 12.8 Å². The molecule has 3 amide bonds. The van der Waals surface area contributed by atoms with Crippen molar-refractivity contribution in [3.05, 3.63) is 23.8 Å². The lowest BCUT2D eigenvalue weighted by Crippen LogP contribution is -2.49. The molecule has 0 heterocycles. The monoisotopic (exact) mass is 651 g/mol. The van der Waals surface area contributed by atoms with Crippen LogP contribution < -0.4 is 25.4 Å². The Morgan fingerprint density at radius 3 is 2.17 bits per heavy atom. The number of rotatable bonds is 21. The molecule has 1 aromatic rings. The standard InChI is InChI=1S/C35H61N3O8/c1-11-12-16-36-33(41)27(24(4)5)21-29(39)28(38-34(42)46-35(6,7)8)19-26(23(2)3)22-37-32(40)25-14-15-30(44-10)31(20-25)45-18-13-17-43-9/h14-15,20,23-24,26-29,39H,11-13,16-19,21-22H2,1-10H3,(H,36,41)(H,37,40)(H,38,42)/t26-,27+,28+,29+/m1/s1. The fourth-order valence-corrected chi connectivity index (χ4v) is 4.96. The molecule has 0 aliphatic rings. The van der Waals surface area contributed by atoms with Gasteiger partial charge in [0.2, 0.25) is 5.91 Å². The third-order valence-electron chi connectivity index (χ3n) is 7.83. The molecular formula is C35H61N3O8. The van der Waals surface area contributed by atoms with Gasteiger partial charge in [0, 0.05) is 44.7 Å². The second-order valence-electron chi connectivity index (χ2n) is 13.6. The van der Waals surface area contributed by atoms with Crippen LogP contribution in [0.2, 0.25) is 0 Å². The molecule has 0 spiro atoms. The first kappa shape index (κ1) is 41.0. The molecule has 0 saturated carbocycles. The molecule has 4 atom stereocenters. The summed E-state index contributed by atoms with van der Waals surface area (Å²) in [6, 6.07) is 4.31. The molecular weight excluding hydrogens is 590 g/mol. The highest BCUT2D eigenvalue weighted by Crippen LogP contribution is 2.29. The minimum Gasteiger partial charge on any atom is -0.493 e. The topological polar surface area (TPSA) is 144 Å². The van der Waals surface area contributed by atoms with Crippen LogP contribution in [0.15, 0.2) is 18.2 Å². The normalized spacial score (nSPS) is 14.3. The van der Waals surface area contributed by atoms with Gasteiger partial charge in [0.25, 0.3) is 5.91 Å². The van der Waals surface area contributed by atoms with Crippen molar-refractivity contribution in [1.82, 2.24) is 16.0 Å². The molecule has 0 bridgehead atoms. The molecule has 11 nitrogen and oxygen atoms in total. The van der Waals surface area contributed by atoms with E-state index >= 15 is 0 Å². The van der Waals surface area contributed by atoms with Crippen LogP contribution in [0.4, 0.5) is 4.79 Å². The molecule has 264 valence electrons. The fourth-order valence-electron chi connectivity index (χ4n) is 4.96. The molecule has 46 heavy (non-hydrogen) atoms. The zero-order valence-electron chi connectivity index (χ0n) is 29.9. The number of carbonyl (C=O) groups excluding carboxylic acids is 3. The third-order valence-corrected chi connectivity index (χ3v) is 7.83. The first-order valence-electron chi connectivity index (χ1n) is 16.7. The highest BCUT2D eigenvalue weighted by molar-refractivity contribution is 5.94. The Hall–Kier alpha value is -3.05. The highest BCUT2D eigenvalue weighted by Gasteiger charge is 2.33. The van der Waals surface area contributed by atoms with Crippen molar-refractivity contribution in [3.8, 4) is 11.5 Å². The summed E-state index contributed by atoms with van der Waals surface area (Å²) >= 11 is 0. The van der Waals surface area contributed by atoms with Crippen molar-refractivity contribution in [2.75, 3.05) is 40.5 Å². The summed E-state index contributed by atoms with van der Waals surface area (Å²) in [5.74, 6) is 0.142. The van der Waals surface area contributed by atoms with Crippen molar-refractivity contribution >= 4 is 17.9 Å². The summed E-state index contributed by atoms with van der Waals surface area (Å²) in [5.41, 5.74) is -0.308. The average molecular weight is 652 g/mol. The number of ether oxygens (including phenoxy) is 4. The summed E-state index contributed by atoms with van der Waals surface area (Å²) in [6.45, 7) is 17.2. The number of unbranched alkanes of at least 4 members (excludes halogenated alkanes) is 1. The first-order valence-corrected chi connectivity index (χ1v) is 16.7. The SMILES string of the molecule is CCCCNC(=O)[C@@H](C[C@H](O)[C@H](C[C@H](CNC(=O)c1ccc(OC)c(OCCCOC)c1)C(C)C)NC(=O)OC(C)(C)C)C(C)C. The molecule has 0 aliphatic carbocycles. The Bertz CT molecular complexity index is 1060. The number of nitrogens with one attached hydrogen (secondary N) is 3. The van der Waals surface area contributed by atoms with Crippen molar-refractivity contribution in [2.45, 2.75) is 105 Å². The van der Waals surface area contributed by atoms with E-state index in [1.54, 1.807) is 53.2 Å². The van der Waals surface area contributed by atoms with Crippen molar-refractivity contribution in [1.29, 1.82) is 0 Å². The quantitative estimate of drug-likeness (QED) is 0.131. The lowest BCUT2D eigenvalue weighted by molar-refractivity contribution is -0.127. The Kier molecular flexibility index (Phi) is 18.7. The van der Waals surface area contributed by atoms with E-state index < -0.39 is 29.8 Å². The lowest BCUT2D eigenvalue weighted by Gasteiger charge is -2.33. The third kappa shape index (κ3) is 15.5. The van der Waals surface area contributed by atoms with Gasteiger partial charge in [-0.1, -0.05) is 41.0 Å². The van der Waals surface area contributed by atoms with Gasteiger partial charge in [-0.05, 0) is 76.0 Å². The molecule has 0 aliphatic heterocycles. The number of aliphatic hydroxyl groups excluding tert-OH is 1. The van der Waals surface area contributed by atoms with Gasteiger partial charge >= 0.3 is 6.09 Å². The predicted octanol–water partition coefficient (Wildman–Crippen LogP) is 5.34. The Morgan fingerprint density at radius 2 is 1.61 bits per heavy atom. The van der Waals surface area contributed by atoms with Gasteiger partial charge < -0.3 is 40.0 Å². The van der Waals surface area contributed by atoms with E-state index in [1.165, 1.54) is 0 Å². The van der Waals surface area contributed by atoms with Crippen LogP contribution in [0.5, 0.6) is 11.5 Å². The van der Waals surface area contributed by atoms with E-state index in [2.05, 4.69) is 22.9 Å². The van der Waals surface area contributed by atoms with Gasteiger partial charge in [-0.2, -0.15) is 0 Å². The summed E-state index contributed by atoms with van der Waals surface area (Å²) < 4.78 is 21.8. The molecule has 0 saturated heterocycles. The molecule has 0 aromatic heterocycles. The lowest BCUT2D eigenvalue weighted by atomic mass is 9.82. The van der Waals surface area contributed by atoms with E-state index in [1.807, 2.05) is 27.7 Å². The van der Waals surface area contributed by atoms with Crippen LogP contribution in [0.1, 0.15) is 97.9 Å². The van der Waals surface area contributed by atoms with Crippen molar-refractivity contribution < 1.29 is 38.4 Å². The largest absolute Gasteiger partial charge is 0.493 e. The summed E-state index contributed by atoms with van der Waals surface area (Å²) in [7, 11) is 3.17. The number of hydrogen-bond donors (Lipinski definition) is 4. The molecule has 1 rings (SSSR count). The zero-order valence-corrected chi connectivity index (χ0v) is 29.9. The summed E-state index contributed by atoms with van der Waals surface area (Å²) in [5, 5.41) is 20.4. The summed E-state index contributed by atoms with van der Waals surface area (Å²) in [4.78, 5) is 39.1. The molecule has 4 N–H and O–H groups in total. The number of methoxy groups -OCH3 is 2. The smallest absolute Gasteiger partial charge is 0.407 e. The van der Waals surface area contributed by atoms with Crippen LogP contribution in [-0.2, 0) is 14.3 Å². The highest BCUT2D eigenvalue weighted by atomic mass is 16.6. The van der Waals surface area contributed by atoms with Crippen LogP contribution in [0, 0.1) is 23.7 Å². The number of benzene rings is 1. The van der Waals surface area contributed by atoms with Crippen molar-refractivity contribution in [2.24, 2.45) is 23.7 Å². The Labute approximate surface area is 276 Å². The molecule has 0 fully saturated rings. The second kappa shape index (κ2) is 20.9. The van der Waals surface area contributed by atoms with E-state index in [4.69, 9.17) is 18.9 Å². The summed E-state index contributed by atoms with van der Waals surface area (Å²) in [6.07, 6.45) is 1.40. The Morgan fingerprint density at radius 1 is 0.913 bits per heavy atom. The minimum absolute atomic E-state index is 0.0167. The molecule has 0 unspecified atom stereocenters. The molecule has 0 radical (unpaired) electrons. The first-order chi connectivity index (χ1) is 21.6. The van der Waals surface area contributed by atoms with Crippen LogP contribution in [-0.4, -0.2) is 81.3 Å². The number of aliphatic hydroxyl groups is 1. The number of hydrogen-bond acceptors (Lipinski definition) is 8. The average Bonchev–Trinajstić information content (AvgIpc) is 2.97. The fraction of sp³-hybridized carbons (Fsp3) is 0.743. The number of carbonyl (C=O) groups is 3. The number of alkyl carbamates (subject to hydrolysis) is 1. The molecule has 1 aromatic carbocycles. The van der Waals surface area contributed by atoms with E-state index in [0.29, 0.717) is 56.2 Å². The van der Waals surface area contributed by atoms with Gasteiger partial charge in [0.05, 0.1) is 25.9 Å². The maximum Gasteiger partial charge on any atom is 0.407 e. The van der Waals surface area contributed by atoms with Gasteiger partial charge in [-0.3, -0.25) is 9.59 Å². The maximum absolute atomic E-state index is 13.2. The predicted molar refractivity (Wildman–Crippen MR) is 180 cm³/mol. The van der Waals surface area contributed by atoms with E-state index in [9.17, 15) is 19.5 Å². The maximum atomic E-state index is 13.2. The zero-order chi connectivity index (χ0) is 34.9. The van der Waals surface area contributed by atoms with Crippen LogP contribution in [0.25, 0.3) is 0 Å². The van der Waals surface area contributed by atoms with Crippen LogP contribution in [0.3, 0.4) is 0 Å². The second-order valence-corrected chi connectivity index (χ2v) is 13.6. The van der Waals surface area contributed by atoms with Gasteiger partial charge in [-0.15, -0.1) is 0 Å². The van der Waals surface area contributed by atoms with Gasteiger partial charge in [0.15, 0.2) is 11.5 Å². The van der Waals surface area contributed by atoms with Gasteiger partial charge in [-0.25, -0.2) is 4.79 Å². The minimum atomic E-state index is -1.02. The number of amides is 3. The van der Waals surface area contributed by atoms with Crippen LogP contribution >= 0.6 is 0 Å². The van der Waals surface area contributed by atoms with Crippen molar-refractivity contribution in [3.63, 3.8) is 0 Å². The van der Waals surface area contributed by atoms with E-state index in [-0.39, 0.29) is 36.0 Å². The Balaban J connectivity index is 3.12. The molecule has 11 heteroatoms.